The van der Waals surface area contributed by atoms with Crippen molar-refractivity contribution in [1.29, 1.82) is 0 Å². The minimum Gasteiger partial charge on any atom is -0.497 e. The van der Waals surface area contributed by atoms with Gasteiger partial charge in [-0.15, -0.1) is 0 Å². The van der Waals surface area contributed by atoms with Crippen LogP contribution in [0.1, 0.15) is 49.3 Å². The second-order valence-corrected chi connectivity index (χ2v) is 13.4. The van der Waals surface area contributed by atoms with Crippen molar-refractivity contribution in [2.24, 2.45) is 0 Å². The molecule has 0 radical (unpaired) electrons. The Bertz CT molecular complexity index is 931. The summed E-state index contributed by atoms with van der Waals surface area (Å²) >= 11 is 0. The summed E-state index contributed by atoms with van der Waals surface area (Å²) in [7, 11) is -0.153. The average molecular weight is 471 g/mol. The van der Waals surface area contributed by atoms with E-state index in [9.17, 15) is 9.59 Å². The topological polar surface area (TPSA) is 64.6 Å². The molecule has 1 saturated heterocycles. The Morgan fingerprint density at radius 3 is 2.27 bits per heavy atom. The normalized spacial score (nSPS) is 15.6. The molecule has 5 nitrogen and oxygen atoms in total. The highest BCUT2D eigenvalue weighted by molar-refractivity contribution is 7.78. The predicted octanol–water partition coefficient (Wildman–Crippen LogP) is 5.97. The first-order chi connectivity index (χ1) is 15.9. The summed E-state index contributed by atoms with van der Waals surface area (Å²) in [4.78, 5) is 26.6. The fraction of sp³-hybridized carbons (Fsp3) is 0.481. The molecule has 1 fully saturated rings. The van der Waals surface area contributed by atoms with Gasteiger partial charge in [-0.2, -0.15) is 0 Å². The van der Waals surface area contributed by atoms with E-state index in [1.54, 1.807) is 7.11 Å². The number of carbonyl (C=O) groups excluding carboxylic acids is 2. The smallest absolute Gasteiger partial charge is 0.344 e. The lowest BCUT2D eigenvalue weighted by molar-refractivity contribution is -0.141. The summed E-state index contributed by atoms with van der Waals surface area (Å²) in [5.74, 6) is 0.674. The van der Waals surface area contributed by atoms with E-state index in [4.69, 9.17) is 9.47 Å². The van der Waals surface area contributed by atoms with Crippen molar-refractivity contribution < 1.29 is 19.1 Å². The maximum atomic E-state index is 13.6. The molecule has 178 valence electrons. The average Bonchev–Trinajstić information content (AvgIpc) is 3.27. The zero-order chi connectivity index (χ0) is 23.8. The van der Waals surface area contributed by atoms with Crippen LogP contribution in [-0.4, -0.2) is 43.1 Å². The van der Waals surface area contributed by atoms with E-state index in [1.807, 2.05) is 56.3 Å². The summed E-state index contributed by atoms with van der Waals surface area (Å²) in [5, 5.41) is 3.23. The van der Waals surface area contributed by atoms with Crippen molar-refractivity contribution in [3.8, 4) is 5.75 Å². The fourth-order valence-corrected chi connectivity index (χ4v) is 10.0. The molecule has 0 spiro atoms. The Balaban J connectivity index is 1.76. The van der Waals surface area contributed by atoms with Gasteiger partial charge in [-0.1, -0.05) is 43.7 Å². The third-order valence-electron chi connectivity index (χ3n) is 6.66. The van der Waals surface area contributed by atoms with Crippen LogP contribution in [0.15, 0.2) is 42.5 Å². The molecule has 1 heterocycles. The van der Waals surface area contributed by atoms with Crippen molar-refractivity contribution in [2.75, 3.05) is 30.9 Å². The SMILES string of the molecule is CCCC(C(=O)Nc1c(C)cc(OC)cc1C)[P+]1(CC(=O)OCc2ccccc2)CCCC1. The molecule has 1 N–H and O–H groups in total. The van der Waals surface area contributed by atoms with Gasteiger partial charge in [0.1, 0.15) is 18.0 Å². The Hall–Kier alpha value is -2.39. The summed E-state index contributed by atoms with van der Waals surface area (Å²) < 4.78 is 11.0. The third-order valence-corrected chi connectivity index (χ3v) is 11.8. The van der Waals surface area contributed by atoms with Crippen molar-refractivity contribution in [3.05, 3.63) is 59.2 Å². The zero-order valence-corrected chi connectivity index (χ0v) is 21.3. The Labute approximate surface area is 198 Å². The van der Waals surface area contributed by atoms with Gasteiger partial charge in [-0.05, 0) is 61.9 Å². The zero-order valence-electron chi connectivity index (χ0n) is 20.4. The number of methoxy groups -OCH3 is 1. The molecule has 3 rings (SSSR count). The molecule has 6 heteroatoms. The number of nitrogens with one attached hydrogen (secondary N) is 1. The number of hydrogen-bond donors (Lipinski definition) is 1. The molecular weight excluding hydrogens is 433 g/mol. The van der Waals surface area contributed by atoms with Crippen LogP contribution in [0.25, 0.3) is 0 Å². The summed E-state index contributed by atoms with van der Waals surface area (Å²) in [6.07, 6.45) is 6.29. The standard InChI is InChI=1S/C27H36NO4P/c1-5-11-24(27(30)28-26-20(2)16-23(31-4)17-21(26)3)33(14-9-10-15-33)19-25(29)32-18-22-12-7-6-8-13-22/h6-8,12-13,16-17,24H,5,9-11,14-15,18-19H2,1-4H3/p+1. The molecule has 0 saturated carbocycles. The fourth-order valence-electron chi connectivity index (χ4n) is 4.96. The molecular formula is C27H37NO4P+. The van der Waals surface area contributed by atoms with Gasteiger partial charge in [0.25, 0.3) is 5.91 Å². The minimum atomic E-state index is -1.80. The quantitative estimate of drug-likeness (QED) is 0.343. The van der Waals surface area contributed by atoms with Crippen LogP contribution in [0.5, 0.6) is 5.75 Å². The van der Waals surface area contributed by atoms with E-state index in [2.05, 4.69) is 12.2 Å². The van der Waals surface area contributed by atoms with Crippen LogP contribution >= 0.6 is 7.26 Å². The maximum Gasteiger partial charge on any atom is 0.344 e. The molecule has 1 aliphatic heterocycles. The van der Waals surface area contributed by atoms with Gasteiger partial charge in [0, 0.05) is 12.9 Å². The van der Waals surface area contributed by atoms with Gasteiger partial charge in [-0.25, -0.2) is 4.79 Å². The molecule has 33 heavy (non-hydrogen) atoms. The number of esters is 1. The van der Waals surface area contributed by atoms with Crippen LogP contribution in [0.4, 0.5) is 5.69 Å². The van der Waals surface area contributed by atoms with Crippen LogP contribution in [0.3, 0.4) is 0 Å². The first-order valence-corrected chi connectivity index (χ1v) is 14.3. The first-order valence-electron chi connectivity index (χ1n) is 11.9. The van der Waals surface area contributed by atoms with Crippen LogP contribution in [0.2, 0.25) is 0 Å². The molecule has 1 aliphatic rings. The summed E-state index contributed by atoms with van der Waals surface area (Å²) in [5.41, 5.74) is 3.69. The van der Waals surface area contributed by atoms with E-state index in [1.165, 1.54) is 0 Å². The van der Waals surface area contributed by atoms with E-state index in [0.29, 0.717) is 6.16 Å². The van der Waals surface area contributed by atoms with E-state index >= 15 is 0 Å². The van der Waals surface area contributed by atoms with Crippen molar-refractivity contribution >= 4 is 24.8 Å². The number of ether oxygens (including phenoxy) is 2. The van der Waals surface area contributed by atoms with Crippen molar-refractivity contribution in [2.45, 2.75) is 58.7 Å². The number of aryl methyl sites for hydroxylation is 2. The van der Waals surface area contributed by atoms with Crippen LogP contribution in [-0.2, 0) is 20.9 Å². The Kier molecular flexibility index (Phi) is 8.91. The molecule has 0 bridgehead atoms. The summed E-state index contributed by atoms with van der Waals surface area (Å²) in [6, 6.07) is 13.6. The van der Waals surface area contributed by atoms with E-state index in [-0.39, 0.29) is 24.1 Å². The second kappa shape index (κ2) is 11.7. The Morgan fingerprint density at radius 2 is 1.70 bits per heavy atom. The van der Waals surface area contributed by atoms with Gasteiger partial charge in [0.2, 0.25) is 0 Å². The minimum absolute atomic E-state index is 0.0549. The van der Waals surface area contributed by atoms with Crippen molar-refractivity contribution in [1.82, 2.24) is 0 Å². The molecule has 0 aromatic heterocycles. The van der Waals surface area contributed by atoms with Gasteiger partial charge in [0.15, 0.2) is 6.16 Å². The monoisotopic (exact) mass is 470 g/mol. The molecule has 1 amide bonds. The van der Waals surface area contributed by atoms with E-state index in [0.717, 1.165) is 66.1 Å². The highest BCUT2D eigenvalue weighted by atomic mass is 31.2. The van der Waals surface area contributed by atoms with Gasteiger partial charge < -0.3 is 14.8 Å². The lowest BCUT2D eigenvalue weighted by Gasteiger charge is -2.30. The predicted molar refractivity (Wildman–Crippen MR) is 137 cm³/mol. The Morgan fingerprint density at radius 1 is 1.06 bits per heavy atom. The maximum absolute atomic E-state index is 13.6. The molecule has 2 aromatic carbocycles. The third kappa shape index (κ3) is 6.35. The molecule has 1 unspecified atom stereocenters. The molecule has 2 aromatic rings. The van der Waals surface area contributed by atoms with Crippen LogP contribution < -0.4 is 10.1 Å². The van der Waals surface area contributed by atoms with Gasteiger partial charge >= 0.3 is 5.97 Å². The summed E-state index contributed by atoms with van der Waals surface area (Å²) in [6.45, 7) is 6.38. The van der Waals surface area contributed by atoms with Crippen molar-refractivity contribution in [3.63, 3.8) is 0 Å². The number of rotatable bonds is 10. The van der Waals surface area contributed by atoms with E-state index < -0.39 is 7.26 Å². The number of amides is 1. The lowest BCUT2D eigenvalue weighted by atomic mass is 10.1. The number of anilines is 1. The number of carbonyl (C=O) groups is 2. The first kappa shape index (κ1) is 25.2. The highest BCUT2D eigenvalue weighted by Crippen LogP contribution is 2.68. The van der Waals surface area contributed by atoms with Gasteiger partial charge in [-0.3, -0.25) is 4.79 Å². The molecule has 1 atom stereocenters. The number of benzene rings is 2. The van der Waals surface area contributed by atoms with Gasteiger partial charge in [0.05, 0.1) is 19.4 Å². The molecule has 0 aliphatic carbocycles. The second-order valence-electron chi connectivity index (χ2n) is 9.11. The lowest BCUT2D eigenvalue weighted by Crippen LogP contribution is -2.34. The van der Waals surface area contributed by atoms with Crippen LogP contribution in [0, 0.1) is 13.8 Å². The highest BCUT2D eigenvalue weighted by Gasteiger charge is 2.53. The largest absolute Gasteiger partial charge is 0.497 e. The number of hydrogen-bond acceptors (Lipinski definition) is 4.